The second kappa shape index (κ2) is 14.5. The number of allylic oxidation sites excluding steroid dienone is 2. The summed E-state index contributed by atoms with van der Waals surface area (Å²) in [5.74, 6) is 0.278. The van der Waals surface area contributed by atoms with Crippen molar-refractivity contribution in [3.8, 4) is 0 Å². The van der Waals surface area contributed by atoms with Crippen molar-refractivity contribution in [1.29, 1.82) is 5.41 Å². The molecule has 3 N–H and O–H groups in total. The Bertz CT molecular complexity index is 1410. The number of rotatable bonds is 10. The van der Waals surface area contributed by atoms with Crippen LogP contribution in [0.1, 0.15) is 48.9 Å². The minimum atomic E-state index is -4.97. The van der Waals surface area contributed by atoms with E-state index in [4.69, 9.17) is 15.9 Å². The molecule has 1 fully saturated rings. The Labute approximate surface area is 268 Å². The molecule has 246 valence electrons. The molecule has 2 aliphatic heterocycles. The average Bonchev–Trinajstić information content (AvgIpc) is 3.41. The van der Waals surface area contributed by atoms with Crippen LogP contribution in [0.25, 0.3) is 5.57 Å². The predicted molar refractivity (Wildman–Crippen MR) is 156 cm³/mol. The van der Waals surface area contributed by atoms with Crippen LogP contribution < -0.4 is 32.1 Å². The summed E-state index contributed by atoms with van der Waals surface area (Å²) < 4.78 is 91.9. The first-order valence-corrected chi connectivity index (χ1v) is 16.4. The molecule has 0 unspecified atom stereocenters. The van der Waals surface area contributed by atoms with Crippen LogP contribution in [0.2, 0.25) is 0 Å². The van der Waals surface area contributed by atoms with E-state index < -0.39 is 23.5 Å². The molecule has 0 amide bonds. The van der Waals surface area contributed by atoms with Gasteiger partial charge in [0, 0.05) is 18.9 Å². The molecule has 1 saturated heterocycles. The summed E-state index contributed by atoms with van der Waals surface area (Å²) in [5, 5.41) is 8.73. The predicted octanol–water partition coefficient (Wildman–Crippen LogP) is 2.95. The standard InChI is InChI=1S/C30H35F6IN7O/c1-4-26-8-20(16-44(26)27(39)22(10-38)17-45-3)15-43(28-40-11-23(12-41-28)21-5-18(2)37-42-13-21)14-19-6-24(29(31,32)33)9-25(7-19)30(34,35)36/h5-7,9-13,18,20,26,39H,4,8,14-17,38H2,1-3H3/q-1/t18-,20-,26-/m1/s1. The summed E-state index contributed by atoms with van der Waals surface area (Å²) in [6.45, 7) is 4.57. The molecule has 1 aromatic carbocycles. The van der Waals surface area contributed by atoms with Gasteiger partial charge in [-0.2, -0.15) is 26.3 Å². The van der Waals surface area contributed by atoms with Gasteiger partial charge >= 0.3 is 176 Å². The molecule has 0 saturated carbocycles. The topological polar surface area (TPSA) is 104 Å². The van der Waals surface area contributed by atoms with Crippen molar-refractivity contribution in [2.75, 3.05) is 31.7 Å². The minimum absolute atomic E-state index is 0.0211. The van der Waals surface area contributed by atoms with Gasteiger partial charge in [0.1, 0.15) is 5.84 Å². The number of amidine groups is 1. The first-order chi connectivity index (χ1) is 21.2. The summed E-state index contributed by atoms with van der Waals surface area (Å²) in [7, 11) is 1.50. The Morgan fingerprint density at radius 2 is 1.78 bits per heavy atom. The van der Waals surface area contributed by atoms with Crippen molar-refractivity contribution in [1.82, 2.24) is 14.9 Å². The zero-order chi connectivity index (χ0) is 32.9. The van der Waals surface area contributed by atoms with Gasteiger partial charge in [0.2, 0.25) is 0 Å². The molecule has 0 spiro atoms. The molecule has 2 aromatic rings. The van der Waals surface area contributed by atoms with E-state index in [1.165, 1.54) is 13.3 Å². The van der Waals surface area contributed by atoms with Crippen LogP contribution in [0.15, 0.2) is 51.6 Å². The molecule has 15 heteroatoms. The van der Waals surface area contributed by atoms with E-state index in [1.807, 2.05) is 11.8 Å². The number of methoxy groups -OCH3 is 1. The molecule has 3 atom stereocenters. The van der Waals surface area contributed by atoms with E-state index >= 15 is 0 Å². The second-order valence-corrected chi connectivity index (χ2v) is 14.1. The molecule has 0 aliphatic carbocycles. The number of halogens is 7. The summed E-state index contributed by atoms with van der Waals surface area (Å²) in [6.07, 6.45) is -0.224. The van der Waals surface area contributed by atoms with E-state index in [2.05, 4.69) is 26.2 Å². The van der Waals surface area contributed by atoms with Crippen molar-refractivity contribution in [3.05, 3.63) is 70.7 Å². The van der Waals surface area contributed by atoms with E-state index in [-0.39, 0.29) is 76.5 Å². The number of hydrogen-bond acceptors (Lipinski definition) is 7. The van der Waals surface area contributed by atoms with Gasteiger partial charge in [0.15, 0.2) is 0 Å². The third-order valence-corrected chi connectivity index (χ3v) is 9.46. The van der Waals surface area contributed by atoms with E-state index in [0.717, 1.165) is 24.1 Å². The summed E-state index contributed by atoms with van der Waals surface area (Å²) in [6, 6.07) is 1.57. The van der Waals surface area contributed by atoms with Crippen LogP contribution in [0, 0.1) is 11.3 Å². The molecule has 0 bridgehead atoms. The van der Waals surface area contributed by atoms with Gasteiger partial charge < -0.3 is 10.5 Å². The van der Waals surface area contributed by atoms with Crippen molar-refractivity contribution in [3.63, 3.8) is 0 Å². The molecule has 2 aliphatic rings. The summed E-state index contributed by atoms with van der Waals surface area (Å²) in [5.41, 5.74) is 4.89. The molecular weight excluding hydrogens is 715 g/mol. The van der Waals surface area contributed by atoms with Gasteiger partial charge in [-0.3, -0.25) is 5.41 Å². The first-order valence-electron chi connectivity index (χ1n) is 14.2. The number of nitrogens with zero attached hydrogens (tertiary/aromatic N) is 5. The van der Waals surface area contributed by atoms with Crippen molar-refractivity contribution >= 4 is 23.6 Å². The quantitative estimate of drug-likeness (QED) is 0.127. The molecule has 4 rings (SSSR count). The smallest absolute Gasteiger partial charge is 0.404 e. The molecule has 1 aromatic heterocycles. The summed E-state index contributed by atoms with van der Waals surface area (Å²) in [4.78, 5) is 12.5. The van der Waals surface area contributed by atoms with E-state index in [1.54, 1.807) is 23.5 Å². The van der Waals surface area contributed by atoms with Gasteiger partial charge in [-0.05, 0) is 12.5 Å². The number of ether oxygens (including phenoxy) is 1. The Balaban J connectivity index is 1.68. The van der Waals surface area contributed by atoms with E-state index in [9.17, 15) is 26.3 Å². The van der Waals surface area contributed by atoms with Crippen molar-refractivity contribution < 1.29 is 52.6 Å². The fourth-order valence-corrected chi connectivity index (χ4v) is 7.01. The molecule has 8 nitrogen and oxygen atoms in total. The zero-order valence-electron chi connectivity index (χ0n) is 25.0. The second-order valence-electron chi connectivity index (χ2n) is 11.0. The van der Waals surface area contributed by atoms with Crippen LogP contribution >= 0.6 is 0 Å². The molecular formula is C30H35F6IN7O-. The van der Waals surface area contributed by atoms with Crippen molar-refractivity contribution in [2.24, 2.45) is 14.9 Å². The first kappa shape index (κ1) is 34.7. The number of hydrogen-bond donors (Lipinski definition) is 2. The number of anilines is 1. The molecule has 0 radical (unpaired) electrons. The van der Waals surface area contributed by atoms with Crippen molar-refractivity contribution in [2.45, 2.75) is 55.6 Å². The van der Waals surface area contributed by atoms with Crippen LogP contribution in [-0.4, -0.2) is 63.7 Å². The van der Waals surface area contributed by atoms with Crippen LogP contribution in [0.3, 0.4) is 0 Å². The average molecular weight is 751 g/mol. The summed E-state index contributed by atoms with van der Waals surface area (Å²) >= 11 is -0.319. The number of nitrogens with two attached hydrogens (primary N) is 1. The minimum Gasteiger partial charge on any atom is -0.404 e. The Kier molecular flexibility index (Phi) is 11.2. The normalized spacial score (nSPS) is 21.0. The van der Waals surface area contributed by atoms with Gasteiger partial charge in [0.05, 0.1) is 6.61 Å². The van der Waals surface area contributed by atoms with Crippen LogP contribution in [0.5, 0.6) is 0 Å². The maximum absolute atomic E-state index is 13.7. The Morgan fingerprint density at radius 1 is 1.13 bits per heavy atom. The number of nitrogens with one attached hydrogen (secondary N) is 1. The number of alkyl halides is 7. The molecule has 3 heterocycles. The number of aromatic nitrogens is 2. The monoisotopic (exact) mass is 750 g/mol. The number of likely N-dealkylation sites (tertiary alicyclic amines) is 1. The van der Waals surface area contributed by atoms with Crippen LogP contribution in [0.4, 0.5) is 32.3 Å². The molecule has 45 heavy (non-hydrogen) atoms. The fraction of sp³-hybridized carbons (Fsp3) is 0.467. The van der Waals surface area contributed by atoms with Gasteiger partial charge in [-0.25, -0.2) is 0 Å². The van der Waals surface area contributed by atoms with Gasteiger partial charge in [0.25, 0.3) is 0 Å². The Hall–Kier alpha value is -3.21. The third-order valence-electron chi connectivity index (χ3n) is 7.63. The van der Waals surface area contributed by atoms with Gasteiger partial charge in [-0.1, -0.05) is 6.92 Å². The van der Waals surface area contributed by atoms with Crippen LogP contribution in [-0.2, 0) is 23.6 Å². The zero-order valence-corrected chi connectivity index (χ0v) is 27.1. The SMILES string of the molecule is CC[C@@H]1C[C@H](CN(Cc2cc(C(F)(F)F)cc(C(F)(F)F)c2)c2ncc(C3=C[C@@H](C)[I-]N=C3)cn2)CN1C(=N)C(=CN)COC. The maximum atomic E-state index is 13.7. The Morgan fingerprint density at radius 3 is 2.31 bits per heavy atom. The third kappa shape index (κ3) is 8.74. The van der Waals surface area contributed by atoms with E-state index in [0.29, 0.717) is 28.0 Å². The number of benzene rings is 1. The van der Waals surface area contributed by atoms with Gasteiger partial charge in [-0.15, -0.1) is 0 Å². The fourth-order valence-electron chi connectivity index (χ4n) is 5.49.